The molecule has 0 aliphatic carbocycles. The zero-order chi connectivity index (χ0) is 20.1. The third-order valence-corrected chi connectivity index (χ3v) is 6.01. The second-order valence-corrected chi connectivity index (χ2v) is 8.02. The first-order valence-corrected chi connectivity index (χ1v) is 10.0. The fraction of sp³-hybridized carbons (Fsp3) is 0.143. The number of benzene rings is 2. The van der Waals surface area contributed by atoms with E-state index in [4.69, 9.17) is 4.74 Å². The Balaban J connectivity index is 2.08. The molecule has 1 aromatic heterocycles. The molecule has 0 aliphatic rings. The van der Waals surface area contributed by atoms with Crippen molar-refractivity contribution >= 4 is 21.5 Å². The van der Waals surface area contributed by atoms with Gasteiger partial charge in [-0.25, -0.2) is 8.42 Å². The number of carbonyl (C=O) groups excluding carboxylic acids is 1. The van der Waals surface area contributed by atoms with Crippen LogP contribution in [0.4, 0.5) is 5.69 Å². The molecule has 0 saturated carbocycles. The molecular weight excluding hydrogens is 376 g/mol. The maximum Gasteiger partial charge on any atom is 0.264 e. The van der Waals surface area contributed by atoms with Crippen LogP contribution in [0.25, 0.3) is 0 Å². The van der Waals surface area contributed by atoms with E-state index >= 15 is 0 Å². The van der Waals surface area contributed by atoms with Crippen LogP contribution in [0.1, 0.15) is 22.8 Å². The molecule has 0 fully saturated rings. The topological polar surface area (TPSA) is 76.6 Å². The minimum absolute atomic E-state index is 0.0555. The Morgan fingerprint density at radius 2 is 1.82 bits per heavy atom. The van der Waals surface area contributed by atoms with Crippen molar-refractivity contribution in [1.82, 2.24) is 4.98 Å². The van der Waals surface area contributed by atoms with Gasteiger partial charge in [0.25, 0.3) is 10.0 Å². The summed E-state index contributed by atoms with van der Waals surface area (Å²) in [5.41, 5.74) is 1.57. The van der Waals surface area contributed by atoms with Gasteiger partial charge in [0.15, 0.2) is 5.78 Å². The zero-order valence-corrected chi connectivity index (χ0v) is 16.4. The Hall–Kier alpha value is -3.19. The lowest BCUT2D eigenvalue weighted by molar-refractivity contribution is 0.101. The van der Waals surface area contributed by atoms with Crippen molar-refractivity contribution in [1.29, 1.82) is 0 Å². The van der Waals surface area contributed by atoms with E-state index < -0.39 is 10.0 Å². The van der Waals surface area contributed by atoms with Crippen molar-refractivity contribution in [3.05, 3.63) is 84.2 Å². The molecule has 1 heterocycles. The molecule has 144 valence electrons. The summed E-state index contributed by atoms with van der Waals surface area (Å²) < 4.78 is 33.3. The van der Waals surface area contributed by atoms with Gasteiger partial charge in [-0.05, 0) is 55.0 Å². The lowest BCUT2D eigenvalue weighted by atomic mass is 10.2. The number of aromatic nitrogens is 1. The number of hydrogen-bond acceptors (Lipinski definition) is 5. The summed E-state index contributed by atoms with van der Waals surface area (Å²) in [7, 11) is -2.37. The van der Waals surface area contributed by atoms with E-state index in [9.17, 15) is 13.2 Å². The van der Waals surface area contributed by atoms with Crippen molar-refractivity contribution in [2.75, 3.05) is 11.4 Å². The number of ketones is 1. The first-order chi connectivity index (χ1) is 13.4. The minimum Gasteiger partial charge on any atom is -0.497 e. The molecule has 0 amide bonds. The lowest BCUT2D eigenvalue weighted by Gasteiger charge is -2.25. The average Bonchev–Trinajstić information content (AvgIpc) is 2.73. The Bertz CT molecular complexity index is 1070. The number of methoxy groups -OCH3 is 1. The number of ether oxygens (including phenoxy) is 1. The van der Waals surface area contributed by atoms with E-state index in [-0.39, 0.29) is 17.2 Å². The molecule has 0 saturated heterocycles. The SMILES string of the molecule is COc1ccc(N(Cc2cccnc2)S(=O)(=O)c2cccc(C(C)=O)c2)cc1. The summed E-state index contributed by atoms with van der Waals surface area (Å²) in [5, 5.41) is 0. The molecule has 6 nitrogen and oxygen atoms in total. The molecule has 0 spiro atoms. The fourth-order valence-electron chi connectivity index (χ4n) is 2.72. The van der Waals surface area contributed by atoms with Crippen LogP contribution >= 0.6 is 0 Å². The quantitative estimate of drug-likeness (QED) is 0.569. The molecule has 0 radical (unpaired) electrons. The Morgan fingerprint density at radius 3 is 2.43 bits per heavy atom. The van der Waals surface area contributed by atoms with Crippen molar-refractivity contribution in [2.24, 2.45) is 0 Å². The highest BCUT2D eigenvalue weighted by Gasteiger charge is 2.26. The molecule has 2 aromatic carbocycles. The van der Waals surface area contributed by atoms with Crippen LogP contribution in [0.3, 0.4) is 0 Å². The molecule has 7 heteroatoms. The molecule has 28 heavy (non-hydrogen) atoms. The third-order valence-electron chi connectivity index (χ3n) is 4.24. The molecule has 3 aromatic rings. The minimum atomic E-state index is -3.92. The van der Waals surface area contributed by atoms with Gasteiger partial charge in [-0.2, -0.15) is 0 Å². The van der Waals surface area contributed by atoms with Gasteiger partial charge < -0.3 is 4.74 Å². The molecule has 3 rings (SSSR count). The van der Waals surface area contributed by atoms with Gasteiger partial charge in [-0.1, -0.05) is 18.2 Å². The van der Waals surface area contributed by atoms with E-state index in [1.165, 1.54) is 23.4 Å². The summed E-state index contributed by atoms with van der Waals surface area (Å²) in [6, 6.07) is 16.4. The fourth-order valence-corrected chi connectivity index (χ4v) is 4.22. The van der Waals surface area contributed by atoms with Crippen LogP contribution < -0.4 is 9.04 Å². The van der Waals surface area contributed by atoms with Crippen LogP contribution in [0.5, 0.6) is 5.75 Å². The molecule has 0 unspecified atom stereocenters. The van der Waals surface area contributed by atoms with E-state index in [0.29, 0.717) is 17.0 Å². The number of Topliss-reactive ketones (excluding diaryl/α,β-unsaturated/α-hetero) is 1. The molecule has 0 N–H and O–H groups in total. The molecule has 0 bridgehead atoms. The van der Waals surface area contributed by atoms with Gasteiger partial charge in [-0.15, -0.1) is 0 Å². The van der Waals surface area contributed by atoms with E-state index in [1.807, 2.05) is 6.07 Å². The number of rotatable bonds is 7. The average molecular weight is 396 g/mol. The highest BCUT2D eigenvalue weighted by Crippen LogP contribution is 2.28. The van der Waals surface area contributed by atoms with Crippen molar-refractivity contribution in [3.63, 3.8) is 0 Å². The second kappa shape index (κ2) is 8.22. The van der Waals surface area contributed by atoms with Crippen LogP contribution in [0, 0.1) is 0 Å². The summed E-state index contributed by atoms with van der Waals surface area (Å²) in [6.07, 6.45) is 3.25. The monoisotopic (exact) mass is 396 g/mol. The molecule has 0 atom stereocenters. The first kappa shape index (κ1) is 19.6. The molecule has 0 aliphatic heterocycles. The van der Waals surface area contributed by atoms with Gasteiger partial charge in [-0.3, -0.25) is 14.1 Å². The van der Waals surface area contributed by atoms with Gasteiger partial charge in [0.05, 0.1) is 24.2 Å². The predicted molar refractivity (Wildman–Crippen MR) is 107 cm³/mol. The van der Waals surface area contributed by atoms with Gasteiger partial charge in [0, 0.05) is 18.0 Å². The number of pyridine rings is 1. The lowest BCUT2D eigenvalue weighted by Crippen LogP contribution is -2.30. The number of nitrogens with zero attached hydrogens (tertiary/aromatic N) is 2. The highest BCUT2D eigenvalue weighted by atomic mass is 32.2. The number of anilines is 1. The number of carbonyl (C=O) groups is 1. The van der Waals surface area contributed by atoms with E-state index in [0.717, 1.165) is 5.56 Å². The Kier molecular flexibility index (Phi) is 5.75. The van der Waals surface area contributed by atoms with Crippen molar-refractivity contribution in [3.8, 4) is 5.75 Å². The van der Waals surface area contributed by atoms with Crippen LogP contribution in [-0.4, -0.2) is 26.3 Å². The standard InChI is InChI=1S/C21H20N2O4S/c1-16(24)18-6-3-7-21(13-18)28(25,26)23(15-17-5-4-12-22-14-17)19-8-10-20(27-2)11-9-19/h3-14H,15H2,1-2H3. The highest BCUT2D eigenvalue weighted by molar-refractivity contribution is 7.92. The van der Waals surface area contributed by atoms with Crippen LogP contribution in [-0.2, 0) is 16.6 Å². The largest absolute Gasteiger partial charge is 0.497 e. The van der Waals surface area contributed by atoms with Crippen LogP contribution in [0.15, 0.2) is 78.0 Å². The summed E-state index contributed by atoms with van der Waals surface area (Å²) in [5.74, 6) is 0.432. The van der Waals surface area contributed by atoms with Crippen molar-refractivity contribution in [2.45, 2.75) is 18.4 Å². The second-order valence-electron chi connectivity index (χ2n) is 6.15. The van der Waals surface area contributed by atoms with Gasteiger partial charge in [0.1, 0.15) is 5.75 Å². The predicted octanol–water partition coefficient (Wildman–Crippen LogP) is 3.69. The molecular formula is C21H20N2O4S. The van der Waals surface area contributed by atoms with Crippen LogP contribution in [0.2, 0.25) is 0 Å². The van der Waals surface area contributed by atoms with E-state index in [1.54, 1.807) is 62.0 Å². The van der Waals surface area contributed by atoms with Gasteiger partial charge >= 0.3 is 0 Å². The Morgan fingerprint density at radius 1 is 1.07 bits per heavy atom. The van der Waals surface area contributed by atoms with Crippen molar-refractivity contribution < 1.29 is 17.9 Å². The van der Waals surface area contributed by atoms with E-state index in [2.05, 4.69) is 4.98 Å². The smallest absolute Gasteiger partial charge is 0.264 e. The third kappa shape index (κ3) is 4.20. The van der Waals surface area contributed by atoms with Gasteiger partial charge in [0.2, 0.25) is 0 Å². The summed E-state index contributed by atoms with van der Waals surface area (Å²) >= 11 is 0. The maximum atomic E-state index is 13.4. The Labute approximate surface area is 164 Å². The first-order valence-electron chi connectivity index (χ1n) is 8.58. The number of hydrogen-bond donors (Lipinski definition) is 0. The normalized spacial score (nSPS) is 11.1. The summed E-state index contributed by atoms with van der Waals surface area (Å²) in [4.78, 5) is 15.8. The zero-order valence-electron chi connectivity index (χ0n) is 15.6. The summed E-state index contributed by atoms with van der Waals surface area (Å²) in [6.45, 7) is 1.51. The number of sulfonamides is 1. The maximum absolute atomic E-state index is 13.4.